The number of aromatic nitrogens is 2. The Morgan fingerprint density at radius 3 is 2.41 bits per heavy atom. The molecular formula is C40H50N4O7. The lowest BCUT2D eigenvalue weighted by molar-refractivity contribution is -0.193. The van der Waals surface area contributed by atoms with Crippen molar-refractivity contribution >= 4 is 28.9 Å². The van der Waals surface area contributed by atoms with Crippen LogP contribution < -0.4 is 10.3 Å². The summed E-state index contributed by atoms with van der Waals surface area (Å²) < 4.78 is 19.2. The quantitative estimate of drug-likeness (QED) is 0.195. The van der Waals surface area contributed by atoms with Crippen LogP contribution in [-0.4, -0.2) is 69.6 Å². The lowest BCUT2D eigenvalue weighted by atomic mass is 9.84. The predicted molar refractivity (Wildman–Crippen MR) is 192 cm³/mol. The molecule has 3 aromatic rings. The Balaban J connectivity index is 1.18. The summed E-state index contributed by atoms with van der Waals surface area (Å²) in [5.74, 6) is -1.06. The minimum atomic E-state index is -1.73. The van der Waals surface area contributed by atoms with Crippen molar-refractivity contribution in [1.82, 2.24) is 19.4 Å². The molecule has 272 valence electrons. The number of esters is 2. The highest BCUT2D eigenvalue weighted by Crippen LogP contribution is 2.43. The van der Waals surface area contributed by atoms with Gasteiger partial charge in [0.1, 0.15) is 12.4 Å². The second-order valence-corrected chi connectivity index (χ2v) is 14.9. The third kappa shape index (κ3) is 6.11. The SMILES string of the molecule is CCc1c2c(nc3ccc(OC(=O)N4CCC(N5CCCCC5)CC4)cc13)-c1cc3c(c(=O)n1C2)COC(=O)[C@@]3(CC)OC(=O)C(CC)C(C)C. The molecule has 2 aromatic heterocycles. The number of aryl methyl sites for hydroxylation is 1. The summed E-state index contributed by atoms with van der Waals surface area (Å²) in [6, 6.07) is 7.84. The van der Waals surface area contributed by atoms with Gasteiger partial charge in [-0.1, -0.05) is 41.0 Å². The molecule has 2 fully saturated rings. The van der Waals surface area contributed by atoms with Crippen LogP contribution in [0.5, 0.6) is 5.75 Å². The fourth-order valence-corrected chi connectivity index (χ4v) is 8.79. The normalized spacial score (nSPS) is 21.2. The highest BCUT2D eigenvalue weighted by Gasteiger charge is 2.51. The summed E-state index contributed by atoms with van der Waals surface area (Å²) >= 11 is 0. The second kappa shape index (κ2) is 14.1. The van der Waals surface area contributed by atoms with Gasteiger partial charge in [-0.25, -0.2) is 14.6 Å². The average molecular weight is 699 g/mol. The molecule has 0 radical (unpaired) electrons. The zero-order valence-electron chi connectivity index (χ0n) is 30.6. The highest BCUT2D eigenvalue weighted by atomic mass is 16.6. The number of hydrogen-bond acceptors (Lipinski definition) is 9. The van der Waals surface area contributed by atoms with Crippen molar-refractivity contribution in [2.24, 2.45) is 11.8 Å². The van der Waals surface area contributed by atoms with Crippen LogP contribution in [-0.2, 0) is 44.2 Å². The number of hydrogen-bond donors (Lipinski definition) is 0. The molecule has 11 heteroatoms. The first kappa shape index (κ1) is 35.2. The number of fused-ring (bicyclic) bond motifs is 5. The smallest absolute Gasteiger partial charge is 0.415 e. The number of ether oxygens (including phenoxy) is 3. The van der Waals surface area contributed by atoms with Crippen molar-refractivity contribution in [3.63, 3.8) is 0 Å². The molecule has 4 aliphatic heterocycles. The van der Waals surface area contributed by atoms with Crippen molar-refractivity contribution in [2.75, 3.05) is 26.2 Å². The topological polar surface area (TPSA) is 120 Å². The monoisotopic (exact) mass is 698 g/mol. The minimum Gasteiger partial charge on any atom is -0.457 e. The Morgan fingerprint density at radius 1 is 1.00 bits per heavy atom. The van der Waals surface area contributed by atoms with E-state index < -0.39 is 23.5 Å². The van der Waals surface area contributed by atoms with E-state index in [0.29, 0.717) is 72.3 Å². The van der Waals surface area contributed by atoms with Crippen LogP contribution in [0.2, 0.25) is 0 Å². The first-order valence-corrected chi connectivity index (χ1v) is 18.9. The first-order chi connectivity index (χ1) is 24.6. The van der Waals surface area contributed by atoms with Gasteiger partial charge in [0.25, 0.3) is 5.56 Å². The van der Waals surface area contributed by atoms with Crippen molar-refractivity contribution in [3.8, 4) is 17.1 Å². The third-order valence-electron chi connectivity index (χ3n) is 11.8. The summed E-state index contributed by atoms with van der Waals surface area (Å²) in [6.45, 7) is 13.4. The van der Waals surface area contributed by atoms with Gasteiger partial charge in [0, 0.05) is 35.6 Å². The maximum atomic E-state index is 14.1. The molecule has 4 aliphatic rings. The molecule has 51 heavy (non-hydrogen) atoms. The van der Waals surface area contributed by atoms with Crippen molar-refractivity contribution in [3.05, 3.63) is 56.9 Å². The predicted octanol–water partition coefficient (Wildman–Crippen LogP) is 6.32. The van der Waals surface area contributed by atoms with E-state index >= 15 is 0 Å². The standard InChI is InChI=1S/C40H50N4O7/c1-6-27(24(4)5)37(46)51-40(8-3)32-21-34-35-30(22-44(34)36(45)31(32)23-49-38(40)47)28(7-2)29-20-26(12-13-33(29)41-35)50-39(48)43-18-14-25(15-19-43)42-16-10-9-11-17-42/h12-13,20-21,24-25,27H,6-11,14-19,22-23H2,1-5H3/t27?,40-/m0/s1. The van der Waals surface area contributed by atoms with Crippen LogP contribution in [0, 0.1) is 11.8 Å². The minimum absolute atomic E-state index is 0.0174. The molecule has 1 unspecified atom stereocenters. The van der Waals surface area contributed by atoms with Crippen molar-refractivity contribution < 1.29 is 28.6 Å². The molecule has 0 spiro atoms. The van der Waals surface area contributed by atoms with Gasteiger partial charge in [-0.2, -0.15) is 0 Å². The number of piperidine rings is 2. The molecule has 0 N–H and O–H groups in total. The number of amides is 1. The van der Waals surface area contributed by atoms with Gasteiger partial charge >= 0.3 is 18.0 Å². The molecule has 0 saturated carbocycles. The van der Waals surface area contributed by atoms with E-state index in [-0.39, 0.29) is 30.6 Å². The molecule has 1 aromatic carbocycles. The number of cyclic esters (lactones) is 1. The van der Waals surface area contributed by atoms with Crippen LogP contribution in [0.3, 0.4) is 0 Å². The number of nitrogens with zero attached hydrogens (tertiary/aromatic N) is 4. The number of carbonyl (C=O) groups excluding carboxylic acids is 3. The molecule has 2 saturated heterocycles. The molecule has 2 atom stereocenters. The molecule has 0 bridgehead atoms. The molecule has 6 heterocycles. The largest absolute Gasteiger partial charge is 0.457 e. The van der Waals surface area contributed by atoms with Gasteiger partial charge in [-0.05, 0) is 93.8 Å². The molecule has 0 aliphatic carbocycles. The summed E-state index contributed by atoms with van der Waals surface area (Å²) in [5, 5.41) is 0.866. The zero-order valence-corrected chi connectivity index (χ0v) is 30.6. The number of benzene rings is 1. The van der Waals surface area contributed by atoms with Crippen LogP contribution in [0.4, 0.5) is 4.79 Å². The van der Waals surface area contributed by atoms with E-state index in [1.807, 2.05) is 37.8 Å². The molecule has 1 amide bonds. The maximum Gasteiger partial charge on any atom is 0.415 e. The number of likely N-dealkylation sites (tertiary alicyclic amines) is 2. The van der Waals surface area contributed by atoms with Gasteiger partial charge in [0.05, 0.1) is 34.9 Å². The maximum absolute atomic E-state index is 14.1. The molecule has 7 rings (SSSR count). The Labute approximate surface area is 299 Å². The summed E-state index contributed by atoms with van der Waals surface area (Å²) in [6.07, 6.45) is 6.78. The van der Waals surface area contributed by atoms with Crippen LogP contribution in [0.1, 0.15) is 102 Å². The zero-order chi connectivity index (χ0) is 36.0. The van der Waals surface area contributed by atoms with Gasteiger partial charge in [0.2, 0.25) is 5.60 Å². The van der Waals surface area contributed by atoms with Gasteiger partial charge in [-0.15, -0.1) is 0 Å². The van der Waals surface area contributed by atoms with Gasteiger partial charge in [0.15, 0.2) is 0 Å². The van der Waals surface area contributed by atoms with Crippen molar-refractivity contribution in [2.45, 2.75) is 111 Å². The number of carbonyl (C=O) groups is 3. The summed E-state index contributed by atoms with van der Waals surface area (Å²) in [4.78, 5) is 63.8. The Bertz CT molecular complexity index is 1920. The van der Waals surface area contributed by atoms with Gasteiger partial charge < -0.3 is 28.6 Å². The Kier molecular flexibility index (Phi) is 9.69. The third-order valence-corrected chi connectivity index (χ3v) is 11.8. The van der Waals surface area contributed by atoms with Crippen LogP contribution in [0.15, 0.2) is 29.1 Å². The fraction of sp³-hybridized carbons (Fsp3) is 0.575. The van der Waals surface area contributed by atoms with Crippen molar-refractivity contribution in [1.29, 1.82) is 0 Å². The van der Waals surface area contributed by atoms with Crippen LogP contribution >= 0.6 is 0 Å². The summed E-state index contributed by atoms with van der Waals surface area (Å²) in [5.41, 5.74) is 2.54. The fourth-order valence-electron chi connectivity index (χ4n) is 8.79. The van der Waals surface area contributed by atoms with E-state index in [1.54, 1.807) is 23.6 Å². The lowest BCUT2D eigenvalue weighted by Crippen LogP contribution is -2.48. The second-order valence-electron chi connectivity index (χ2n) is 14.9. The average Bonchev–Trinajstić information content (AvgIpc) is 3.50. The number of rotatable bonds is 8. The van der Waals surface area contributed by atoms with E-state index in [9.17, 15) is 19.2 Å². The van der Waals surface area contributed by atoms with E-state index in [0.717, 1.165) is 42.4 Å². The molecule has 11 nitrogen and oxygen atoms in total. The highest BCUT2D eigenvalue weighted by molar-refractivity contribution is 5.91. The summed E-state index contributed by atoms with van der Waals surface area (Å²) in [7, 11) is 0. The lowest BCUT2D eigenvalue weighted by Gasteiger charge is -2.39. The van der Waals surface area contributed by atoms with Crippen LogP contribution in [0.25, 0.3) is 22.3 Å². The van der Waals surface area contributed by atoms with Gasteiger partial charge in [-0.3, -0.25) is 9.59 Å². The van der Waals surface area contributed by atoms with E-state index in [4.69, 9.17) is 19.2 Å². The Morgan fingerprint density at radius 2 is 1.75 bits per heavy atom. The van der Waals surface area contributed by atoms with E-state index in [2.05, 4.69) is 11.8 Å². The first-order valence-electron chi connectivity index (χ1n) is 18.9. The molecular weight excluding hydrogens is 648 g/mol. The van der Waals surface area contributed by atoms with E-state index in [1.165, 1.54) is 19.3 Å². The Hall–Kier alpha value is -4.25. The number of pyridine rings is 2.